The molecule has 3 heterocycles. The Balaban J connectivity index is 1.89. The highest BCUT2D eigenvalue weighted by Gasteiger charge is 2.35. The number of anilines is 2. The number of fused-ring (bicyclic) bond motifs is 1. The van der Waals surface area contributed by atoms with E-state index in [4.69, 9.17) is 21.4 Å². The molecule has 1 aliphatic heterocycles. The number of aliphatic hydroxyl groups is 1. The third kappa shape index (κ3) is 4.22. The molecule has 0 saturated heterocycles. The third-order valence-electron chi connectivity index (χ3n) is 5.09. The van der Waals surface area contributed by atoms with Gasteiger partial charge < -0.3 is 20.5 Å². The normalized spacial score (nSPS) is 15.9. The second kappa shape index (κ2) is 8.20. The number of hydrogen-bond donors (Lipinski definition) is 3. The summed E-state index contributed by atoms with van der Waals surface area (Å²) < 4.78 is 7.16. The Morgan fingerprint density at radius 3 is 2.74 bits per heavy atom. The molecular formula is C22H24ClN5O3. The van der Waals surface area contributed by atoms with Gasteiger partial charge in [0.15, 0.2) is 11.4 Å². The monoisotopic (exact) mass is 441 g/mol. The molecule has 9 heteroatoms. The van der Waals surface area contributed by atoms with Gasteiger partial charge in [0.05, 0.1) is 35.2 Å². The number of carbonyl (C=O) groups excluding carboxylic acids is 1. The summed E-state index contributed by atoms with van der Waals surface area (Å²) in [6, 6.07) is 8.81. The highest BCUT2D eigenvalue weighted by molar-refractivity contribution is 6.32. The van der Waals surface area contributed by atoms with Gasteiger partial charge in [0.1, 0.15) is 5.69 Å². The first-order chi connectivity index (χ1) is 14.8. The molecule has 1 atom stereocenters. The average Bonchev–Trinajstić information content (AvgIpc) is 3.10. The van der Waals surface area contributed by atoms with E-state index in [-0.39, 0.29) is 11.9 Å². The Kier molecular flexibility index (Phi) is 5.60. The van der Waals surface area contributed by atoms with Crippen molar-refractivity contribution in [3.63, 3.8) is 0 Å². The molecule has 3 aromatic rings. The Morgan fingerprint density at radius 2 is 2.06 bits per heavy atom. The molecule has 0 bridgehead atoms. The van der Waals surface area contributed by atoms with Crippen molar-refractivity contribution in [1.29, 1.82) is 0 Å². The Bertz CT molecular complexity index is 1110. The number of para-hydroxylation sites is 1. The molecule has 0 spiro atoms. The van der Waals surface area contributed by atoms with Gasteiger partial charge >= 0.3 is 0 Å². The van der Waals surface area contributed by atoms with E-state index in [1.165, 1.54) is 7.11 Å². The molecule has 2 aromatic heterocycles. The standard InChI is InChI=1S/C22H24ClN5O3/c1-22(2,30)11-14-12-25-21(29)19-18(26-16-6-4-5-15(23)20(16)31-3)17(27-28(14)19)13-7-9-24-10-8-13/h4-10,14,26,30H,11-12H2,1-3H3,(H,25,29)/t14-/m1/s1. The second-order valence-corrected chi connectivity index (χ2v) is 8.49. The molecule has 1 aromatic carbocycles. The van der Waals surface area contributed by atoms with Crippen LogP contribution in [0.15, 0.2) is 42.7 Å². The zero-order chi connectivity index (χ0) is 22.2. The van der Waals surface area contributed by atoms with Gasteiger partial charge in [-0.2, -0.15) is 5.10 Å². The maximum Gasteiger partial charge on any atom is 0.271 e. The van der Waals surface area contributed by atoms with Crippen molar-refractivity contribution in [2.45, 2.75) is 31.9 Å². The molecule has 0 aliphatic carbocycles. The molecule has 1 aliphatic rings. The van der Waals surface area contributed by atoms with Crippen molar-refractivity contribution < 1.29 is 14.6 Å². The number of benzene rings is 1. The number of pyridine rings is 1. The van der Waals surface area contributed by atoms with E-state index >= 15 is 0 Å². The lowest BCUT2D eigenvalue weighted by Gasteiger charge is -2.30. The van der Waals surface area contributed by atoms with Crippen molar-refractivity contribution in [3.05, 3.63) is 53.4 Å². The van der Waals surface area contributed by atoms with Crippen molar-refractivity contribution in [3.8, 4) is 17.0 Å². The summed E-state index contributed by atoms with van der Waals surface area (Å²) in [7, 11) is 1.54. The number of carbonyl (C=O) groups is 1. The molecule has 162 valence electrons. The fourth-order valence-corrected chi connectivity index (χ4v) is 4.06. The van der Waals surface area contributed by atoms with Crippen LogP contribution >= 0.6 is 11.6 Å². The van der Waals surface area contributed by atoms with Gasteiger partial charge in [0.2, 0.25) is 0 Å². The molecule has 8 nitrogen and oxygen atoms in total. The zero-order valence-corrected chi connectivity index (χ0v) is 18.3. The summed E-state index contributed by atoms with van der Waals surface area (Å²) in [5.41, 5.74) is 2.00. The Morgan fingerprint density at radius 1 is 1.32 bits per heavy atom. The zero-order valence-electron chi connectivity index (χ0n) is 17.5. The smallest absolute Gasteiger partial charge is 0.271 e. The minimum atomic E-state index is -0.920. The number of rotatable bonds is 6. The van der Waals surface area contributed by atoms with E-state index in [2.05, 4.69) is 15.6 Å². The lowest BCUT2D eigenvalue weighted by atomic mass is 9.98. The molecule has 0 saturated carbocycles. The number of ether oxygens (including phenoxy) is 1. The molecule has 0 radical (unpaired) electrons. The highest BCUT2D eigenvalue weighted by Crippen LogP contribution is 2.40. The molecular weight excluding hydrogens is 418 g/mol. The summed E-state index contributed by atoms with van der Waals surface area (Å²) in [6.45, 7) is 3.87. The number of hydrogen-bond acceptors (Lipinski definition) is 6. The van der Waals surface area contributed by atoms with Crippen molar-refractivity contribution in [2.24, 2.45) is 0 Å². The maximum absolute atomic E-state index is 12.9. The summed E-state index contributed by atoms with van der Waals surface area (Å²) in [4.78, 5) is 17.0. The summed E-state index contributed by atoms with van der Waals surface area (Å²) in [5, 5.41) is 21.9. The van der Waals surface area contributed by atoms with Gasteiger partial charge in [-0.1, -0.05) is 17.7 Å². The van der Waals surface area contributed by atoms with Crippen molar-refractivity contribution >= 4 is 28.9 Å². The van der Waals surface area contributed by atoms with Crippen molar-refractivity contribution in [2.75, 3.05) is 19.0 Å². The minimum Gasteiger partial charge on any atom is -0.493 e. The van der Waals surface area contributed by atoms with E-state index in [0.29, 0.717) is 46.5 Å². The molecule has 0 fully saturated rings. The summed E-state index contributed by atoms with van der Waals surface area (Å²) in [5.74, 6) is 0.220. The number of aromatic nitrogens is 3. The van der Waals surface area contributed by atoms with Crippen LogP contribution < -0.4 is 15.4 Å². The van der Waals surface area contributed by atoms with Crippen LogP contribution in [0.3, 0.4) is 0 Å². The fraction of sp³-hybridized carbons (Fsp3) is 0.318. The average molecular weight is 442 g/mol. The van der Waals surface area contributed by atoms with Gasteiger partial charge in [-0.05, 0) is 44.5 Å². The van der Waals surface area contributed by atoms with Gasteiger partial charge in [-0.3, -0.25) is 14.5 Å². The molecule has 3 N–H and O–H groups in total. The molecule has 4 rings (SSSR count). The van der Waals surface area contributed by atoms with Crippen LogP contribution in [-0.4, -0.2) is 45.0 Å². The van der Waals surface area contributed by atoms with Crippen LogP contribution in [0.1, 0.15) is 36.8 Å². The van der Waals surface area contributed by atoms with Gasteiger partial charge in [0, 0.05) is 24.5 Å². The van der Waals surface area contributed by atoms with Crippen LogP contribution in [0.2, 0.25) is 5.02 Å². The first-order valence-electron chi connectivity index (χ1n) is 9.91. The predicted octanol–water partition coefficient (Wildman–Crippen LogP) is 3.80. The lowest BCUT2D eigenvalue weighted by Crippen LogP contribution is -2.42. The second-order valence-electron chi connectivity index (χ2n) is 8.08. The van der Waals surface area contributed by atoms with E-state index < -0.39 is 5.60 Å². The quantitative estimate of drug-likeness (QED) is 0.538. The lowest BCUT2D eigenvalue weighted by molar-refractivity contribution is 0.0482. The maximum atomic E-state index is 12.9. The summed E-state index contributed by atoms with van der Waals surface area (Å²) in [6.07, 6.45) is 3.77. The summed E-state index contributed by atoms with van der Waals surface area (Å²) >= 11 is 6.29. The predicted molar refractivity (Wildman–Crippen MR) is 119 cm³/mol. The minimum absolute atomic E-state index is 0.204. The Labute approximate surface area is 185 Å². The first kappa shape index (κ1) is 21.1. The number of amides is 1. The number of nitrogens with zero attached hydrogens (tertiary/aromatic N) is 3. The van der Waals surface area contributed by atoms with E-state index in [1.807, 2.05) is 18.2 Å². The van der Waals surface area contributed by atoms with Crippen LogP contribution in [0.25, 0.3) is 11.3 Å². The van der Waals surface area contributed by atoms with E-state index in [9.17, 15) is 9.90 Å². The third-order valence-corrected chi connectivity index (χ3v) is 5.39. The van der Waals surface area contributed by atoms with Crippen molar-refractivity contribution in [1.82, 2.24) is 20.1 Å². The van der Waals surface area contributed by atoms with Crippen LogP contribution in [0.5, 0.6) is 5.75 Å². The first-order valence-corrected chi connectivity index (χ1v) is 10.3. The largest absolute Gasteiger partial charge is 0.493 e. The van der Waals surface area contributed by atoms with Gasteiger partial charge in [-0.25, -0.2) is 0 Å². The molecule has 0 unspecified atom stereocenters. The van der Waals surface area contributed by atoms with E-state index in [1.54, 1.807) is 43.1 Å². The molecule has 1 amide bonds. The Hall–Kier alpha value is -3.10. The molecule has 31 heavy (non-hydrogen) atoms. The van der Waals surface area contributed by atoms with Crippen LogP contribution in [0, 0.1) is 0 Å². The van der Waals surface area contributed by atoms with Crippen LogP contribution in [0.4, 0.5) is 11.4 Å². The fourth-order valence-electron chi connectivity index (χ4n) is 3.81. The SMILES string of the molecule is COc1c(Cl)cccc1Nc1c(-c2ccncc2)nn2c1C(=O)NC[C@H]2CC(C)(C)O. The van der Waals surface area contributed by atoms with E-state index in [0.717, 1.165) is 5.56 Å². The van der Waals surface area contributed by atoms with Gasteiger partial charge in [0.25, 0.3) is 5.91 Å². The highest BCUT2D eigenvalue weighted by atomic mass is 35.5. The van der Waals surface area contributed by atoms with Crippen LogP contribution in [-0.2, 0) is 0 Å². The number of nitrogens with one attached hydrogen (secondary N) is 2. The van der Waals surface area contributed by atoms with Gasteiger partial charge in [-0.15, -0.1) is 0 Å². The number of halogens is 1. The topological polar surface area (TPSA) is 101 Å². The number of methoxy groups -OCH3 is 1.